The highest BCUT2D eigenvalue weighted by Crippen LogP contribution is 2.21. The zero-order valence-corrected chi connectivity index (χ0v) is 9.87. The van der Waals surface area contributed by atoms with Crippen LogP contribution in [0.1, 0.15) is 22.6 Å². The van der Waals surface area contributed by atoms with E-state index in [2.05, 4.69) is 11.0 Å². The number of rotatable bonds is 4. The molecule has 0 spiro atoms. The van der Waals surface area contributed by atoms with Gasteiger partial charge in [-0.05, 0) is 44.1 Å². The first-order valence-electron chi connectivity index (χ1n) is 5.46. The lowest BCUT2D eigenvalue weighted by atomic mass is 10.4. The predicted octanol–water partition coefficient (Wildman–Crippen LogP) is 2.44. The molecular formula is C12H15NO2S. The summed E-state index contributed by atoms with van der Waals surface area (Å²) in [5, 5.41) is 8.52. The standard InChI is InChI=1S/C12H15NO2S/c14-12(15)6-5-10-3-4-11(16-10)9-13-7-1-2-8-13/h3-6H,1-2,7-9H2,(H,14,15). The molecule has 1 aromatic rings. The number of hydrogen-bond acceptors (Lipinski definition) is 3. The van der Waals surface area contributed by atoms with Gasteiger partial charge < -0.3 is 5.11 Å². The maximum absolute atomic E-state index is 10.4. The quantitative estimate of drug-likeness (QED) is 0.818. The second-order valence-corrected chi connectivity index (χ2v) is 5.16. The number of thiophene rings is 1. The summed E-state index contributed by atoms with van der Waals surface area (Å²) in [6, 6.07) is 4.07. The highest BCUT2D eigenvalue weighted by atomic mass is 32.1. The highest BCUT2D eigenvalue weighted by Gasteiger charge is 2.12. The minimum atomic E-state index is -0.894. The third kappa shape index (κ3) is 3.18. The van der Waals surface area contributed by atoms with Crippen molar-refractivity contribution in [2.45, 2.75) is 19.4 Å². The SMILES string of the molecule is O=C(O)C=Cc1ccc(CN2CCCC2)s1. The van der Waals surface area contributed by atoms with Crippen molar-refractivity contribution in [1.82, 2.24) is 4.90 Å². The molecule has 2 rings (SSSR count). The van der Waals surface area contributed by atoms with E-state index in [9.17, 15) is 4.79 Å². The summed E-state index contributed by atoms with van der Waals surface area (Å²) in [7, 11) is 0. The van der Waals surface area contributed by atoms with Gasteiger partial charge in [0.2, 0.25) is 0 Å². The van der Waals surface area contributed by atoms with Crippen LogP contribution in [0.2, 0.25) is 0 Å². The molecule has 0 unspecified atom stereocenters. The molecule has 1 N–H and O–H groups in total. The molecule has 3 nitrogen and oxygen atoms in total. The molecule has 0 bridgehead atoms. The van der Waals surface area contributed by atoms with Gasteiger partial charge in [0, 0.05) is 22.4 Å². The Morgan fingerprint density at radius 1 is 1.44 bits per heavy atom. The minimum Gasteiger partial charge on any atom is -0.478 e. The van der Waals surface area contributed by atoms with Crippen LogP contribution in [-0.2, 0) is 11.3 Å². The minimum absolute atomic E-state index is 0.894. The van der Waals surface area contributed by atoms with E-state index < -0.39 is 5.97 Å². The number of carbonyl (C=O) groups is 1. The van der Waals surface area contributed by atoms with Gasteiger partial charge in [-0.25, -0.2) is 4.79 Å². The zero-order valence-electron chi connectivity index (χ0n) is 9.06. The second-order valence-electron chi connectivity index (χ2n) is 3.96. The first-order chi connectivity index (χ1) is 7.74. The molecule has 0 atom stereocenters. The lowest BCUT2D eigenvalue weighted by molar-refractivity contribution is -0.131. The van der Waals surface area contributed by atoms with Crippen LogP contribution in [0.5, 0.6) is 0 Å². The Kier molecular flexibility index (Phi) is 3.74. The van der Waals surface area contributed by atoms with Crippen LogP contribution in [0.25, 0.3) is 6.08 Å². The van der Waals surface area contributed by atoms with Crippen LogP contribution in [0.4, 0.5) is 0 Å². The molecule has 0 aliphatic carbocycles. The molecule has 1 saturated heterocycles. The van der Waals surface area contributed by atoms with Crippen molar-refractivity contribution in [2.75, 3.05) is 13.1 Å². The van der Waals surface area contributed by atoms with E-state index in [4.69, 9.17) is 5.11 Å². The smallest absolute Gasteiger partial charge is 0.328 e. The van der Waals surface area contributed by atoms with Crippen LogP contribution in [0, 0.1) is 0 Å². The van der Waals surface area contributed by atoms with Crippen molar-refractivity contribution in [3.05, 3.63) is 28.0 Å². The third-order valence-electron chi connectivity index (χ3n) is 2.65. The Bertz CT molecular complexity index is 391. The van der Waals surface area contributed by atoms with Gasteiger partial charge in [0.25, 0.3) is 0 Å². The topological polar surface area (TPSA) is 40.5 Å². The molecule has 16 heavy (non-hydrogen) atoms. The molecule has 2 heterocycles. The Labute approximate surface area is 99.0 Å². The van der Waals surface area contributed by atoms with Crippen molar-refractivity contribution < 1.29 is 9.90 Å². The second kappa shape index (κ2) is 5.27. The Morgan fingerprint density at radius 3 is 2.88 bits per heavy atom. The first kappa shape index (κ1) is 11.4. The van der Waals surface area contributed by atoms with Crippen molar-refractivity contribution >= 4 is 23.4 Å². The summed E-state index contributed by atoms with van der Waals surface area (Å²) in [6.45, 7) is 3.39. The van der Waals surface area contributed by atoms with Crippen molar-refractivity contribution in [3.8, 4) is 0 Å². The fraction of sp³-hybridized carbons (Fsp3) is 0.417. The maximum atomic E-state index is 10.4. The molecule has 1 aromatic heterocycles. The summed E-state index contributed by atoms with van der Waals surface area (Å²) >= 11 is 1.67. The summed E-state index contributed by atoms with van der Waals surface area (Å²) in [6.07, 6.45) is 5.44. The summed E-state index contributed by atoms with van der Waals surface area (Å²) < 4.78 is 0. The maximum Gasteiger partial charge on any atom is 0.328 e. The molecule has 1 aliphatic heterocycles. The Hall–Kier alpha value is -1.13. The van der Waals surface area contributed by atoms with Crippen LogP contribution in [0.3, 0.4) is 0 Å². The number of hydrogen-bond donors (Lipinski definition) is 1. The number of aliphatic carboxylic acids is 1. The van der Waals surface area contributed by atoms with E-state index in [1.165, 1.54) is 36.9 Å². The number of likely N-dealkylation sites (tertiary alicyclic amines) is 1. The highest BCUT2D eigenvalue weighted by molar-refractivity contribution is 7.12. The molecule has 1 fully saturated rings. The van der Waals surface area contributed by atoms with E-state index >= 15 is 0 Å². The van der Waals surface area contributed by atoms with Gasteiger partial charge >= 0.3 is 5.97 Å². The van der Waals surface area contributed by atoms with Crippen molar-refractivity contribution in [2.24, 2.45) is 0 Å². The molecule has 1 aliphatic rings. The van der Waals surface area contributed by atoms with Gasteiger partial charge in [0.1, 0.15) is 0 Å². The summed E-state index contributed by atoms with van der Waals surface area (Å²) in [5.74, 6) is -0.894. The van der Waals surface area contributed by atoms with E-state index in [0.29, 0.717) is 0 Å². The number of carboxylic acid groups (broad SMARTS) is 1. The average molecular weight is 237 g/mol. The van der Waals surface area contributed by atoms with Gasteiger partial charge in [-0.3, -0.25) is 4.90 Å². The number of nitrogens with zero attached hydrogens (tertiary/aromatic N) is 1. The predicted molar refractivity (Wildman–Crippen MR) is 65.5 cm³/mol. The van der Waals surface area contributed by atoms with Gasteiger partial charge in [-0.1, -0.05) is 0 Å². The van der Waals surface area contributed by atoms with Gasteiger partial charge in [0.05, 0.1) is 0 Å². The molecule has 0 radical (unpaired) electrons. The normalized spacial score (nSPS) is 17.2. The molecule has 0 amide bonds. The Morgan fingerprint density at radius 2 is 2.19 bits per heavy atom. The van der Waals surface area contributed by atoms with Crippen LogP contribution < -0.4 is 0 Å². The molecular weight excluding hydrogens is 222 g/mol. The lowest BCUT2D eigenvalue weighted by Gasteiger charge is -2.12. The summed E-state index contributed by atoms with van der Waals surface area (Å²) in [5.41, 5.74) is 0. The van der Waals surface area contributed by atoms with E-state index in [0.717, 1.165) is 11.4 Å². The van der Waals surface area contributed by atoms with Crippen molar-refractivity contribution in [3.63, 3.8) is 0 Å². The molecule has 0 aromatic carbocycles. The molecule has 0 saturated carbocycles. The summed E-state index contributed by atoms with van der Waals surface area (Å²) in [4.78, 5) is 15.1. The van der Waals surface area contributed by atoms with Gasteiger partial charge in [-0.15, -0.1) is 11.3 Å². The third-order valence-corrected chi connectivity index (χ3v) is 3.69. The lowest BCUT2D eigenvalue weighted by Crippen LogP contribution is -2.17. The molecule has 86 valence electrons. The first-order valence-corrected chi connectivity index (χ1v) is 6.28. The van der Waals surface area contributed by atoms with Gasteiger partial charge in [-0.2, -0.15) is 0 Å². The van der Waals surface area contributed by atoms with Crippen LogP contribution in [-0.4, -0.2) is 29.1 Å². The van der Waals surface area contributed by atoms with Crippen molar-refractivity contribution in [1.29, 1.82) is 0 Å². The fourth-order valence-electron chi connectivity index (χ4n) is 1.88. The monoisotopic (exact) mass is 237 g/mol. The largest absolute Gasteiger partial charge is 0.478 e. The van der Waals surface area contributed by atoms with E-state index in [1.807, 2.05) is 6.07 Å². The number of carboxylic acids is 1. The van der Waals surface area contributed by atoms with Crippen LogP contribution >= 0.6 is 11.3 Å². The van der Waals surface area contributed by atoms with E-state index in [1.54, 1.807) is 17.4 Å². The molecule has 4 heteroatoms. The van der Waals surface area contributed by atoms with E-state index in [-0.39, 0.29) is 0 Å². The Balaban J connectivity index is 1.93. The zero-order chi connectivity index (χ0) is 11.4. The average Bonchev–Trinajstić information content (AvgIpc) is 2.87. The van der Waals surface area contributed by atoms with Crippen LogP contribution in [0.15, 0.2) is 18.2 Å². The van der Waals surface area contributed by atoms with Gasteiger partial charge in [0.15, 0.2) is 0 Å². The fourth-order valence-corrected chi connectivity index (χ4v) is 2.84.